The number of furan rings is 1. The maximum absolute atomic E-state index is 9.58. The number of fused-ring (bicyclic) bond motifs is 6. The molecule has 8 rings (SSSR count). The maximum Gasteiger partial charge on any atom is 0.159 e. The van der Waals surface area contributed by atoms with E-state index in [1.165, 1.54) is 0 Å². The van der Waals surface area contributed by atoms with Crippen LogP contribution in [0.25, 0.3) is 53.2 Å². The van der Waals surface area contributed by atoms with Crippen molar-refractivity contribution in [2.24, 2.45) is 0 Å². The molecule has 0 spiro atoms. The van der Waals surface area contributed by atoms with Crippen LogP contribution in [0.3, 0.4) is 0 Å². The molecule has 184 valence electrons. The molecule has 39 heavy (non-hydrogen) atoms. The van der Waals surface area contributed by atoms with Crippen molar-refractivity contribution in [2.45, 2.75) is 0 Å². The SMILES string of the molecule is [2H]c1c([2H])c([2H])c(-c2c([2H])c([2H])c(N(c3c([2H])c([2H])c4c(sc5c([2H])c([2H])c([2H])c([2H])c54)c3[2H])c3c([2H])c([2H])c([2H])c4c3oc3c([2H])c([2H])c([2H])c([2H])c34)c([2H])c2[2H])c([2H])c1[2H]. The fraction of sp³-hybridized carbons (Fsp3) is 0. The number of para-hydroxylation sites is 2. The lowest BCUT2D eigenvalue weighted by molar-refractivity contribution is 0.669. The second kappa shape index (κ2) is 8.87. The van der Waals surface area contributed by atoms with Gasteiger partial charge in [-0.1, -0.05) is 96.7 Å². The quantitative estimate of drug-likeness (QED) is 0.221. The summed E-state index contributed by atoms with van der Waals surface area (Å²) in [6.45, 7) is 0. The summed E-state index contributed by atoms with van der Waals surface area (Å²) in [6, 6.07) is -19.1. The third kappa shape index (κ3) is 3.63. The molecule has 0 aliphatic rings. The van der Waals surface area contributed by atoms with Gasteiger partial charge in [-0.25, -0.2) is 0 Å². The van der Waals surface area contributed by atoms with Crippen molar-refractivity contribution < 1.29 is 35.9 Å². The number of nitrogens with zero attached hydrogens (tertiary/aromatic N) is 1. The molecule has 0 N–H and O–H groups in total. The van der Waals surface area contributed by atoms with Gasteiger partial charge in [-0.05, 0) is 53.4 Å². The molecule has 6 aromatic carbocycles. The van der Waals surface area contributed by atoms with E-state index in [9.17, 15) is 8.22 Å². The first kappa shape index (κ1) is 9.11. The molecule has 0 saturated heterocycles. The van der Waals surface area contributed by atoms with Crippen LogP contribution in [0, 0.1) is 0 Å². The molecule has 0 atom stereocenters. The van der Waals surface area contributed by atoms with Crippen LogP contribution in [0.1, 0.15) is 31.5 Å². The summed E-state index contributed by atoms with van der Waals surface area (Å²) in [7, 11) is 0. The molecule has 0 unspecified atom stereocenters. The summed E-state index contributed by atoms with van der Waals surface area (Å²) >= 11 is 0.625. The van der Waals surface area contributed by atoms with Gasteiger partial charge >= 0.3 is 0 Å². The molecule has 8 aromatic rings. The van der Waals surface area contributed by atoms with Crippen molar-refractivity contribution in [1.29, 1.82) is 0 Å². The number of thiophene rings is 1. The van der Waals surface area contributed by atoms with Crippen molar-refractivity contribution in [2.75, 3.05) is 4.90 Å². The van der Waals surface area contributed by atoms with Crippen LogP contribution in [0.5, 0.6) is 0 Å². The number of rotatable bonds is 4. The standard InChI is InChI=1S/C36H23NOS/c1-2-9-24(10-3-1)25-17-19-26(20-18-25)37(27-21-22-30-29-12-5-7-16-34(29)39-35(30)23-27)32-14-8-13-31-28-11-4-6-15-33(28)38-36(31)32/h1-23H/i1D,2D,3D,4D,5D,6D,7D,8D,9D,10D,11D,12D,13D,14D,15D,16D,17D,18D,19D,20D,21D,22D,23D. The Kier molecular flexibility index (Phi) is 2.07. The van der Waals surface area contributed by atoms with Gasteiger partial charge in [0, 0.05) is 42.3 Å². The summed E-state index contributed by atoms with van der Waals surface area (Å²) < 4.78 is 207. The normalized spacial score (nSPS) is 19.8. The topological polar surface area (TPSA) is 16.4 Å². The summed E-state index contributed by atoms with van der Waals surface area (Å²) in [4.78, 5) is 0.606. The summed E-state index contributed by atoms with van der Waals surface area (Å²) in [6.07, 6.45) is 0. The minimum Gasteiger partial charge on any atom is -0.454 e. The highest BCUT2D eigenvalue weighted by atomic mass is 32.1. The molecule has 2 heterocycles. The molecular weight excluding hydrogens is 494 g/mol. The average Bonchev–Trinajstić information content (AvgIpc) is 3.85. The van der Waals surface area contributed by atoms with E-state index in [1.54, 1.807) is 0 Å². The Morgan fingerprint density at radius 2 is 1.18 bits per heavy atom. The van der Waals surface area contributed by atoms with Gasteiger partial charge in [0.2, 0.25) is 0 Å². The van der Waals surface area contributed by atoms with Gasteiger partial charge in [-0.2, -0.15) is 0 Å². The molecule has 0 bridgehead atoms. The van der Waals surface area contributed by atoms with Gasteiger partial charge in [0.1, 0.15) is 5.58 Å². The summed E-state index contributed by atoms with van der Waals surface area (Å²) in [5, 5.41) is -1.39. The van der Waals surface area contributed by atoms with Crippen molar-refractivity contribution in [3.63, 3.8) is 0 Å². The van der Waals surface area contributed by atoms with Gasteiger partial charge in [-0.3, -0.25) is 0 Å². The Balaban J connectivity index is 1.62. The van der Waals surface area contributed by atoms with E-state index in [4.69, 9.17) is 27.7 Å². The summed E-state index contributed by atoms with van der Waals surface area (Å²) in [5.74, 6) is 0. The average molecular weight is 541 g/mol. The molecule has 2 aromatic heterocycles. The maximum atomic E-state index is 9.58. The highest BCUT2D eigenvalue weighted by Gasteiger charge is 2.20. The lowest BCUT2D eigenvalue weighted by Gasteiger charge is -2.26. The molecular formula is C36H23NOS. The fourth-order valence-electron chi connectivity index (χ4n) is 4.13. The molecule has 0 amide bonds. The molecule has 0 aliphatic carbocycles. The largest absolute Gasteiger partial charge is 0.454 e. The second-order valence-electron chi connectivity index (χ2n) is 8.03. The van der Waals surface area contributed by atoms with Crippen LogP contribution >= 0.6 is 11.3 Å². The van der Waals surface area contributed by atoms with Crippen molar-refractivity contribution in [3.8, 4) is 11.1 Å². The Morgan fingerprint density at radius 3 is 2.05 bits per heavy atom. The second-order valence-corrected chi connectivity index (χ2v) is 9.05. The van der Waals surface area contributed by atoms with Gasteiger partial charge in [0.25, 0.3) is 0 Å². The third-order valence-electron chi connectivity index (χ3n) is 5.82. The minimum atomic E-state index is -1.08. The van der Waals surface area contributed by atoms with Crippen LogP contribution < -0.4 is 4.90 Å². The molecule has 0 saturated carbocycles. The Morgan fingerprint density at radius 1 is 0.513 bits per heavy atom. The summed E-state index contributed by atoms with van der Waals surface area (Å²) in [5.41, 5.74) is -5.24. The van der Waals surface area contributed by atoms with E-state index in [0.717, 1.165) is 0 Å². The van der Waals surface area contributed by atoms with Crippen LogP contribution in [-0.2, 0) is 0 Å². The first-order valence-corrected chi connectivity index (χ1v) is 12.1. The van der Waals surface area contributed by atoms with Gasteiger partial charge < -0.3 is 9.32 Å². The van der Waals surface area contributed by atoms with E-state index in [2.05, 4.69) is 0 Å². The van der Waals surface area contributed by atoms with Crippen LogP contribution in [0.15, 0.2) is 143 Å². The predicted octanol–water partition coefficient (Wildman–Crippen LogP) is 11.1. The van der Waals surface area contributed by atoms with Gasteiger partial charge in [0.05, 0.1) is 37.2 Å². The highest BCUT2D eigenvalue weighted by molar-refractivity contribution is 7.25. The molecule has 0 fully saturated rings. The molecule has 2 nitrogen and oxygen atoms in total. The molecule has 3 heteroatoms. The van der Waals surface area contributed by atoms with Crippen molar-refractivity contribution in [1.82, 2.24) is 0 Å². The van der Waals surface area contributed by atoms with E-state index in [-0.39, 0.29) is 20.2 Å². The highest BCUT2D eigenvalue weighted by Crippen LogP contribution is 2.44. The Labute approximate surface area is 262 Å². The fourth-order valence-corrected chi connectivity index (χ4v) is 5.09. The zero-order chi connectivity index (χ0) is 45.8. The third-order valence-corrected chi connectivity index (χ3v) is 6.84. The van der Waals surface area contributed by atoms with E-state index in [1.807, 2.05) is 0 Å². The van der Waals surface area contributed by atoms with Crippen molar-refractivity contribution >= 4 is 70.5 Å². The smallest absolute Gasteiger partial charge is 0.159 e. The number of anilines is 3. The lowest BCUT2D eigenvalue weighted by Crippen LogP contribution is -2.10. The van der Waals surface area contributed by atoms with E-state index >= 15 is 0 Å². The van der Waals surface area contributed by atoms with Gasteiger partial charge in [-0.15, -0.1) is 11.3 Å². The molecule has 0 radical (unpaired) electrons. The number of hydrogen-bond donors (Lipinski definition) is 0. The molecule has 0 aliphatic heterocycles. The van der Waals surface area contributed by atoms with Crippen molar-refractivity contribution in [3.05, 3.63) is 139 Å². The number of benzene rings is 6. The van der Waals surface area contributed by atoms with E-state index in [0.29, 0.717) is 16.2 Å². The Hall–Kier alpha value is -4.86. The zero-order valence-electron chi connectivity index (χ0n) is 42.3. The number of hydrogen-bond acceptors (Lipinski definition) is 3. The van der Waals surface area contributed by atoms with E-state index < -0.39 is 189 Å². The van der Waals surface area contributed by atoms with Crippen LogP contribution in [0.4, 0.5) is 17.1 Å². The Bertz CT molecular complexity index is 3350. The predicted molar refractivity (Wildman–Crippen MR) is 167 cm³/mol. The van der Waals surface area contributed by atoms with Gasteiger partial charge in [0.15, 0.2) is 5.58 Å². The minimum absolute atomic E-state index is 0.112. The van der Waals surface area contributed by atoms with Crippen LogP contribution in [0.2, 0.25) is 0 Å². The van der Waals surface area contributed by atoms with Crippen LogP contribution in [-0.4, -0.2) is 0 Å². The first-order valence-electron chi connectivity index (χ1n) is 22.7. The first-order chi connectivity index (χ1) is 28.9. The lowest BCUT2D eigenvalue weighted by atomic mass is 10.0. The monoisotopic (exact) mass is 540 g/mol. The zero-order valence-corrected chi connectivity index (χ0v) is 20.1.